The number of benzene rings is 1. The fourth-order valence-corrected chi connectivity index (χ4v) is 4.03. The third-order valence-electron chi connectivity index (χ3n) is 4.18. The normalized spacial score (nSPS) is 17.9. The number of hydrogen-bond acceptors (Lipinski definition) is 5. The summed E-state index contributed by atoms with van der Waals surface area (Å²) in [6, 6.07) is 4.17. The highest BCUT2D eigenvalue weighted by Gasteiger charge is 2.31. The zero-order valence-corrected chi connectivity index (χ0v) is 16.1. The van der Waals surface area contributed by atoms with Crippen LogP contribution < -0.4 is 9.46 Å². The molecule has 0 saturated carbocycles. The Labute approximate surface area is 157 Å². The summed E-state index contributed by atoms with van der Waals surface area (Å²) >= 11 is 0. The zero-order valence-electron chi connectivity index (χ0n) is 15.3. The number of alkyl halides is 3. The van der Waals surface area contributed by atoms with Crippen molar-refractivity contribution in [3.63, 3.8) is 0 Å². The minimum atomic E-state index is -4.82. The van der Waals surface area contributed by atoms with Gasteiger partial charge in [0.15, 0.2) is 0 Å². The van der Waals surface area contributed by atoms with E-state index in [1.165, 1.54) is 0 Å². The van der Waals surface area contributed by atoms with Crippen LogP contribution in [0.1, 0.15) is 20.3 Å². The minimum absolute atomic E-state index is 0.0245. The van der Waals surface area contributed by atoms with Crippen molar-refractivity contribution in [1.82, 2.24) is 9.62 Å². The maximum Gasteiger partial charge on any atom is 0.573 e. The van der Waals surface area contributed by atoms with E-state index in [0.29, 0.717) is 19.1 Å². The standard InChI is InChI=1S/C17H25F3N2O4S/c1-13(2)11-14(22-7-9-25-10-8-22)12-21-27(23,24)16-5-3-15(4-6-16)26-17(18,19)20/h3-6,13-14,21H,7-12H2,1-2H3/t14-/m1/s1. The molecule has 1 aliphatic heterocycles. The molecule has 0 aliphatic carbocycles. The maximum atomic E-state index is 12.5. The fourth-order valence-electron chi connectivity index (χ4n) is 2.96. The minimum Gasteiger partial charge on any atom is -0.406 e. The molecule has 1 aromatic rings. The van der Waals surface area contributed by atoms with Crippen LogP contribution in [-0.2, 0) is 14.8 Å². The summed E-state index contributed by atoms with van der Waals surface area (Å²) in [5.41, 5.74) is 0. The van der Waals surface area contributed by atoms with Crippen molar-refractivity contribution in [2.24, 2.45) is 5.92 Å². The first-order chi connectivity index (χ1) is 12.6. The van der Waals surface area contributed by atoms with Gasteiger partial charge in [0.1, 0.15) is 5.75 Å². The fraction of sp³-hybridized carbons (Fsp3) is 0.647. The Hall–Kier alpha value is -1.36. The SMILES string of the molecule is CC(C)C[C@H](CNS(=O)(=O)c1ccc(OC(F)(F)F)cc1)N1CCOCC1. The first-order valence-electron chi connectivity index (χ1n) is 8.74. The van der Waals surface area contributed by atoms with Crippen LogP contribution in [0.25, 0.3) is 0 Å². The Kier molecular flexibility index (Phi) is 7.49. The van der Waals surface area contributed by atoms with E-state index in [-0.39, 0.29) is 17.5 Å². The van der Waals surface area contributed by atoms with Crippen LogP contribution in [0.3, 0.4) is 0 Å². The van der Waals surface area contributed by atoms with Gasteiger partial charge in [0.2, 0.25) is 10.0 Å². The number of nitrogens with one attached hydrogen (secondary N) is 1. The molecule has 154 valence electrons. The van der Waals surface area contributed by atoms with E-state index >= 15 is 0 Å². The highest BCUT2D eigenvalue weighted by Crippen LogP contribution is 2.24. The number of rotatable bonds is 8. The number of sulfonamides is 1. The molecule has 27 heavy (non-hydrogen) atoms. The Morgan fingerprint density at radius 1 is 1.19 bits per heavy atom. The van der Waals surface area contributed by atoms with Crippen LogP contribution in [0.15, 0.2) is 29.2 Å². The molecule has 0 spiro atoms. The molecule has 1 atom stereocenters. The van der Waals surface area contributed by atoms with Gasteiger partial charge >= 0.3 is 6.36 Å². The molecule has 1 fully saturated rings. The topological polar surface area (TPSA) is 67.9 Å². The van der Waals surface area contributed by atoms with Crippen LogP contribution in [0, 0.1) is 5.92 Å². The summed E-state index contributed by atoms with van der Waals surface area (Å²) in [4.78, 5) is 2.09. The molecule has 2 rings (SSSR count). The highest BCUT2D eigenvalue weighted by atomic mass is 32.2. The van der Waals surface area contributed by atoms with E-state index in [4.69, 9.17) is 4.74 Å². The molecule has 1 N–H and O–H groups in total. The Balaban J connectivity index is 2.02. The average Bonchev–Trinajstić information content (AvgIpc) is 2.58. The highest BCUT2D eigenvalue weighted by molar-refractivity contribution is 7.89. The van der Waals surface area contributed by atoms with Crippen molar-refractivity contribution in [1.29, 1.82) is 0 Å². The summed E-state index contributed by atoms with van der Waals surface area (Å²) in [7, 11) is -3.83. The van der Waals surface area contributed by atoms with Crippen molar-refractivity contribution in [3.05, 3.63) is 24.3 Å². The van der Waals surface area contributed by atoms with E-state index in [2.05, 4.69) is 28.2 Å². The van der Waals surface area contributed by atoms with Crippen molar-refractivity contribution >= 4 is 10.0 Å². The van der Waals surface area contributed by atoms with Crippen LogP contribution in [0.4, 0.5) is 13.2 Å². The quantitative estimate of drug-likeness (QED) is 0.714. The number of hydrogen-bond donors (Lipinski definition) is 1. The molecular formula is C17H25F3N2O4S. The smallest absolute Gasteiger partial charge is 0.406 e. The van der Waals surface area contributed by atoms with Crippen molar-refractivity contribution < 1.29 is 31.1 Å². The Morgan fingerprint density at radius 3 is 2.30 bits per heavy atom. The van der Waals surface area contributed by atoms with Gasteiger partial charge in [-0.2, -0.15) is 0 Å². The van der Waals surface area contributed by atoms with Crippen LogP contribution in [-0.4, -0.2) is 58.6 Å². The molecule has 1 heterocycles. The van der Waals surface area contributed by atoms with Gasteiger partial charge in [-0.15, -0.1) is 13.2 Å². The van der Waals surface area contributed by atoms with Gasteiger partial charge in [0, 0.05) is 25.7 Å². The van der Waals surface area contributed by atoms with Crippen molar-refractivity contribution in [3.8, 4) is 5.75 Å². The number of nitrogens with zero attached hydrogens (tertiary/aromatic N) is 1. The second-order valence-electron chi connectivity index (χ2n) is 6.80. The zero-order chi connectivity index (χ0) is 20.1. The number of morpholine rings is 1. The molecule has 0 bridgehead atoms. The summed E-state index contributed by atoms with van der Waals surface area (Å²) < 4.78 is 73.2. The Bertz CT molecular complexity index is 687. The molecule has 0 aromatic heterocycles. The molecule has 1 saturated heterocycles. The number of halogens is 3. The monoisotopic (exact) mass is 410 g/mol. The van der Waals surface area contributed by atoms with E-state index in [1.807, 2.05) is 0 Å². The summed E-state index contributed by atoms with van der Waals surface area (Å²) in [5.74, 6) is -0.0754. The predicted molar refractivity (Wildman–Crippen MR) is 93.9 cm³/mol. The lowest BCUT2D eigenvalue weighted by Gasteiger charge is -2.35. The number of ether oxygens (including phenoxy) is 2. The van der Waals surface area contributed by atoms with Crippen LogP contribution in [0.5, 0.6) is 5.75 Å². The molecule has 1 aromatic carbocycles. The largest absolute Gasteiger partial charge is 0.573 e. The second-order valence-corrected chi connectivity index (χ2v) is 8.57. The van der Waals surface area contributed by atoms with Gasteiger partial charge in [-0.05, 0) is 36.6 Å². The molecule has 10 heteroatoms. The molecule has 0 amide bonds. The summed E-state index contributed by atoms with van der Waals surface area (Å²) in [5, 5.41) is 0. The van der Waals surface area contributed by atoms with E-state index in [0.717, 1.165) is 43.8 Å². The van der Waals surface area contributed by atoms with Crippen molar-refractivity contribution in [2.45, 2.75) is 37.6 Å². The van der Waals surface area contributed by atoms with E-state index in [9.17, 15) is 21.6 Å². The van der Waals surface area contributed by atoms with Gasteiger partial charge in [-0.25, -0.2) is 13.1 Å². The van der Waals surface area contributed by atoms with Crippen molar-refractivity contribution in [2.75, 3.05) is 32.8 Å². The van der Waals surface area contributed by atoms with Crippen LogP contribution >= 0.6 is 0 Å². The van der Waals surface area contributed by atoms with Gasteiger partial charge in [0.25, 0.3) is 0 Å². The first-order valence-corrected chi connectivity index (χ1v) is 10.2. The van der Waals surface area contributed by atoms with E-state index < -0.39 is 22.1 Å². The predicted octanol–water partition coefficient (Wildman–Crippen LogP) is 2.61. The maximum absolute atomic E-state index is 12.5. The second kappa shape index (κ2) is 9.22. The molecule has 0 radical (unpaired) electrons. The first kappa shape index (κ1) is 21.9. The third kappa shape index (κ3) is 7.28. The van der Waals surface area contributed by atoms with Gasteiger partial charge in [-0.1, -0.05) is 13.8 Å². The molecule has 0 unspecified atom stereocenters. The van der Waals surface area contributed by atoms with Gasteiger partial charge < -0.3 is 9.47 Å². The van der Waals surface area contributed by atoms with Gasteiger partial charge in [0.05, 0.1) is 18.1 Å². The molecule has 1 aliphatic rings. The lowest BCUT2D eigenvalue weighted by Crippen LogP contribution is -2.49. The van der Waals surface area contributed by atoms with Gasteiger partial charge in [-0.3, -0.25) is 4.90 Å². The van der Waals surface area contributed by atoms with E-state index in [1.54, 1.807) is 0 Å². The summed E-state index contributed by atoms with van der Waals surface area (Å²) in [6.45, 7) is 7.07. The molecule has 6 nitrogen and oxygen atoms in total. The lowest BCUT2D eigenvalue weighted by atomic mass is 10.0. The third-order valence-corrected chi connectivity index (χ3v) is 5.62. The molecular weight excluding hydrogens is 385 g/mol. The average molecular weight is 410 g/mol. The lowest BCUT2D eigenvalue weighted by molar-refractivity contribution is -0.274. The Morgan fingerprint density at radius 2 is 1.78 bits per heavy atom. The summed E-state index contributed by atoms with van der Waals surface area (Å²) in [6.07, 6.45) is -4.00. The van der Waals surface area contributed by atoms with Crippen LogP contribution in [0.2, 0.25) is 0 Å².